The first-order valence-electron chi connectivity index (χ1n) is 12.8. The number of carbonyl (C=O) groups is 3. The van der Waals surface area contributed by atoms with Crippen molar-refractivity contribution < 1.29 is 33.0 Å². The van der Waals surface area contributed by atoms with E-state index >= 15 is 4.39 Å². The maximum absolute atomic E-state index is 16.5. The van der Waals surface area contributed by atoms with Gasteiger partial charge in [-0.05, 0) is 73.4 Å². The second kappa shape index (κ2) is 12.2. The van der Waals surface area contributed by atoms with E-state index in [1.54, 1.807) is 30.3 Å². The zero-order valence-electron chi connectivity index (χ0n) is 22.7. The fraction of sp³-hybridized carbons (Fsp3) is 0.300. The summed E-state index contributed by atoms with van der Waals surface area (Å²) in [6.07, 6.45) is 1.16. The number of benzene rings is 3. The Hall–Kier alpha value is -4.44. The minimum atomic E-state index is -2.73. The number of Topliss-reactive ketones (excluding diaryl/α,β-unsaturated/α-hetero) is 1. The van der Waals surface area contributed by atoms with Gasteiger partial charge in [0.1, 0.15) is 11.5 Å². The summed E-state index contributed by atoms with van der Waals surface area (Å²) >= 11 is 0. The van der Waals surface area contributed by atoms with Crippen LogP contribution < -0.4 is 20.1 Å². The van der Waals surface area contributed by atoms with Gasteiger partial charge in [-0.25, -0.2) is 14.5 Å². The van der Waals surface area contributed by atoms with Gasteiger partial charge in [-0.3, -0.25) is 9.69 Å². The molecular weight excluding hydrogens is 517 g/mol. The van der Waals surface area contributed by atoms with E-state index in [0.717, 1.165) is 18.4 Å². The normalized spacial score (nSPS) is 14.7. The molecule has 0 aliphatic carbocycles. The molecule has 3 aromatic rings. The molecule has 10 heteroatoms. The first kappa shape index (κ1) is 28.6. The van der Waals surface area contributed by atoms with Crippen molar-refractivity contribution in [2.45, 2.75) is 32.2 Å². The highest BCUT2D eigenvalue weighted by molar-refractivity contribution is 6.00. The second-order valence-corrected chi connectivity index (χ2v) is 9.44. The minimum Gasteiger partial charge on any atom is -0.495 e. The highest BCUT2D eigenvalue weighted by Gasteiger charge is 2.48. The Labute approximate surface area is 232 Å². The van der Waals surface area contributed by atoms with Crippen LogP contribution in [0.4, 0.5) is 20.6 Å². The zero-order valence-corrected chi connectivity index (χ0v) is 22.7. The number of rotatable bonds is 10. The molecule has 0 aromatic heterocycles. The number of para-hydroxylation sites is 1. The Bertz CT molecular complexity index is 1390. The van der Waals surface area contributed by atoms with Crippen molar-refractivity contribution in [2.24, 2.45) is 5.73 Å². The van der Waals surface area contributed by atoms with E-state index in [2.05, 4.69) is 0 Å². The zero-order chi connectivity index (χ0) is 28.9. The van der Waals surface area contributed by atoms with Gasteiger partial charge in [0.15, 0.2) is 0 Å². The number of amides is 2. The lowest BCUT2D eigenvalue weighted by Crippen LogP contribution is -2.55. The van der Waals surface area contributed by atoms with Gasteiger partial charge in [-0.1, -0.05) is 24.3 Å². The molecule has 1 atom stereocenters. The number of ether oxygens (including phenoxy) is 3. The van der Waals surface area contributed by atoms with E-state index in [9.17, 15) is 14.4 Å². The van der Waals surface area contributed by atoms with Crippen LogP contribution in [0.25, 0.3) is 0 Å². The number of nitrogens with two attached hydrogens (primary N) is 1. The SMILES string of the molecule is COC(=O)c1ccc(OC(F)(C(=O)Cc2ccc(N(C(N)=O)c3ccccc3C)c(OC)c2)N2CCCC2)cc1. The lowest BCUT2D eigenvalue weighted by atomic mass is 10.0. The summed E-state index contributed by atoms with van der Waals surface area (Å²) in [5.41, 5.74) is 8.26. The van der Waals surface area contributed by atoms with Gasteiger partial charge in [0.2, 0.25) is 5.78 Å². The monoisotopic (exact) mass is 549 g/mol. The Morgan fingerprint density at radius 2 is 1.65 bits per heavy atom. The van der Waals surface area contributed by atoms with Crippen molar-refractivity contribution in [1.29, 1.82) is 0 Å². The molecule has 40 heavy (non-hydrogen) atoms. The summed E-state index contributed by atoms with van der Waals surface area (Å²) in [5.74, 6) is -3.68. The molecule has 9 nitrogen and oxygen atoms in total. The van der Waals surface area contributed by atoms with Crippen molar-refractivity contribution in [3.63, 3.8) is 0 Å². The Morgan fingerprint density at radius 3 is 2.25 bits per heavy atom. The van der Waals surface area contributed by atoms with Gasteiger partial charge in [0, 0.05) is 19.5 Å². The van der Waals surface area contributed by atoms with Gasteiger partial charge < -0.3 is 19.9 Å². The fourth-order valence-corrected chi connectivity index (χ4v) is 4.73. The van der Waals surface area contributed by atoms with Crippen molar-refractivity contribution in [3.05, 3.63) is 83.4 Å². The number of anilines is 2. The van der Waals surface area contributed by atoms with Crippen molar-refractivity contribution in [3.8, 4) is 11.5 Å². The molecule has 1 aliphatic heterocycles. The summed E-state index contributed by atoms with van der Waals surface area (Å²) < 4.78 is 32.4. The lowest BCUT2D eigenvalue weighted by molar-refractivity contribution is -0.191. The number of hydrogen-bond acceptors (Lipinski definition) is 7. The number of primary amides is 1. The third-order valence-corrected chi connectivity index (χ3v) is 6.81. The van der Waals surface area contributed by atoms with Crippen LogP contribution in [-0.2, 0) is 16.0 Å². The number of aryl methyl sites for hydroxylation is 1. The number of likely N-dealkylation sites (tertiary alicyclic amines) is 1. The summed E-state index contributed by atoms with van der Waals surface area (Å²) in [6, 6.07) is 17.1. The molecule has 0 saturated carbocycles. The molecule has 0 spiro atoms. The lowest BCUT2D eigenvalue weighted by Gasteiger charge is -2.33. The number of halogens is 1. The van der Waals surface area contributed by atoms with E-state index in [1.165, 1.54) is 48.3 Å². The Balaban J connectivity index is 1.62. The largest absolute Gasteiger partial charge is 0.495 e. The maximum Gasteiger partial charge on any atom is 0.371 e. The van der Waals surface area contributed by atoms with Crippen LogP contribution in [0.15, 0.2) is 66.7 Å². The molecule has 4 rings (SSSR count). The highest BCUT2D eigenvalue weighted by atomic mass is 19.2. The molecule has 210 valence electrons. The van der Waals surface area contributed by atoms with E-state index in [1.807, 2.05) is 19.1 Å². The molecule has 0 bridgehead atoms. The molecule has 0 radical (unpaired) electrons. The fourth-order valence-electron chi connectivity index (χ4n) is 4.73. The Kier molecular flexibility index (Phi) is 8.69. The molecule has 2 amide bonds. The van der Waals surface area contributed by atoms with E-state index in [-0.39, 0.29) is 23.5 Å². The van der Waals surface area contributed by atoms with Gasteiger partial charge in [0.25, 0.3) is 0 Å². The summed E-state index contributed by atoms with van der Waals surface area (Å²) in [4.78, 5) is 40.4. The Morgan fingerprint density at radius 1 is 0.975 bits per heavy atom. The molecule has 1 aliphatic rings. The van der Waals surface area contributed by atoms with Crippen molar-refractivity contribution >= 4 is 29.2 Å². The predicted molar refractivity (Wildman–Crippen MR) is 148 cm³/mol. The van der Waals surface area contributed by atoms with E-state index < -0.39 is 23.8 Å². The summed E-state index contributed by atoms with van der Waals surface area (Å²) in [6.45, 7) is 2.57. The number of nitrogens with zero attached hydrogens (tertiary/aromatic N) is 2. The van der Waals surface area contributed by atoms with Crippen LogP contribution in [0.5, 0.6) is 11.5 Å². The molecule has 2 N–H and O–H groups in total. The summed E-state index contributed by atoms with van der Waals surface area (Å²) in [5, 5.41) is 0. The molecule has 1 saturated heterocycles. The molecule has 1 heterocycles. The van der Waals surface area contributed by atoms with Gasteiger partial charge in [0.05, 0.1) is 31.2 Å². The van der Waals surface area contributed by atoms with Gasteiger partial charge in [-0.2, -0.15) is 4.39 Å². The predicted octanol–water partition coefficient (Wildman–Crippen LogP) is 4.92. The summed E-state index contributed by atoms with van der Waals surface area (Å²) in [7, 11) is 2.70. The number of carbonyl (C=O) groups excluding carboxylic acids is 3. The molecule has 1 unspecified atom stereocenters. The topological polar surface area (TPSA) is 111 Å². The number of methoxy groups -OCH3 is 2. The van der Waals surface area contributed by atoms with Crippen LogP contribution in [0.3, 0.4) is 0 Å². The smallest absolute Gasteiger partial charge is 0.371 e. The number of ketones is 1. The maximum atomic E-state index is 16.5. The van der Waals surface area contributed by atoms with Crippen LogP contribution >= 0.6 is 0 Å². The van der Waals surface area contributed by atoms with Crippen LogP contribution in [0.2, 0.25) is 0 Å². The van der Waals surface area contributed by atoms with Crippen molar-refractivity contribution in [1.82, 2.24) is 4.90 Å². The van der Waals surface area contributed by atoms with Crippen LogP contribution in [0.1, 0.15) is 34.3 Å². The average Bonchev–Trinajstić information content (AvgIpc) is 3.50. The van der Waals surface area contributed by atoms with Gasteiger partial charge >= 0.3 is 18.0 Å². The van der Waals surface area contributed by atoms with E-state index in [4.69, 9.17) is 19.9 Å². The van der Waals surface area contributed by atoms with Gasteiger partial charge in [-0.15, -0.1) is 0 Å². The van der Waals surface area contributed by atoms with E-state index in [0.29, 0.717) is 30.0 Å². The number of alkyl halides is 1. The highest BCUT2D eigenvalue weighted by Crippen LogP contribution is 2.37. The van der Waals surface area contributed by atoms with Crippen LogP contribution in [-0.4, -0.2) is 56.0 Å². The number of hydrogen-bond donors (Lipinski definition) is 1. The first-order valence-corrected chi connectivity index (χ1v) is 12.8. The third kappa shape index (κ3) is 5.91. The quantitative estimate of drug-likeness (QED) is 0.282. The number of urea groups is 1. The molecule has 1 fully saturated rings. The minimum absolute atomic E-state index is 0.0960. The third-order valence-electron chi connectivity index (χ3n) is 6.81. The van der Waals surface area contributed by atoms with Crippen molar-refractivity contribution in [2.75, 3.05) is 32.2 Å². The molecule has 3 aromatic carbocycles. The molecular formula is C30H32FN3O6. The average molecular weight is 550 g/mol. The second-order valence-electron chi connectivity index (χ2n) is 9.44. The standard InChI is InChI=1S/C30H32FN3O6/c1-20-8-4-5-9-24(20)34(29(32)37)25-15-10-21(18-26(25)38-2)19-27(35)30(31,33-16-6-7-17-33)40-23-13-11-22(12-14-23)28(36)39-3/h4-5,8-15,18H,6-7,16-17,19H2,1-3H3,(H2,32,37). The number of esters is 1. The van der Waals surface area contributed by atoms with Crippen LogP contribution in [0, 0.1) is 6.92 Å². The first-order chi connectivity index (χ1) is 19.2.